The number of nitrogens with one attached hydrogen (secondary N) is 1. The van der Waals surface area contributed by atoms with E-state index in [-0.39, 0.29) is 24.0 Å². The lowest BCUT2D eigenvalue weighted by molar-refractivity contribution is -0.121. The minimum atomic E-state index is -0.134. The van der Waals surface area contributed by atoms with Gasteiger partial charge in [0.05, 0.1) is 18.1 Å². The van der Waals surface area contributed by atoms with Gasteiger partial charge in [0.2, 0.25) is 11.9 Å². The number of aromatic nitrogens is 2. The summed E-state index contributed by atoms with van der Waals surface area (Å²) in [6, 6.07) is 9.56. The van der Waals surface area contributed by atoms with E-state index in [4.69, 9.17) is 4.74 Å². The highest BCUT2D eigenvalue weighted by molar-refractivity contribution is 5.93. The van der Waals surface area contributed by atoms with Gasteiger partial charge in [-0.2, -0.15) is 0 Å². The van der Waals surface area contributed by atoms with Gasteiger partial charge in [-0.3, -0.25) is 4.79 Å². The molecule has 1 amide bonds. The third kappa shape index (κ3) is 3.35. The molecule has 2 aliphatic heterocycles. The Balaban J connectivity index is 1.44. The molecule has 0 spiro atoms. The Morgan fingerprint density at radius 1 is 1.24 bits per heavy atom. The van der Waals surface area contributed by atoms with Crippen LogP contribution in [0.3, 0.4) is 0 Å². The average molecular weight is 338 g/mol. The minimum Gasteiger partial charge on any atom is -0.370 e. The van der Waals surface area contributed by atoms with Gasteiger partial charge in [-0.1, -0.05) is 25.1 Å². The van der Waals surface area contributed by atoms with Crippen molar-refractivity contribution >= 4 is 17.5 Å². The van der Waals surface area contributed by atoms with E-state index in [0.717, 1.165) is 36.6 Å². The molecule has 1 aromatic heterocycles. The van der Waals surface area contributed by atoms with Crippen molar-refractivity contribution in [1.82, 2.24) is 9.97 Å². The number of hydrogen-bond acceptors (Lipinski definition) is 5. The fourth-order valence-corrected chi connectivity index (χ4v) is 3.55. The van der Waals surface area contributed by atoms with E-state index in [1.54, 1.807) is 0 Å². The quantitative estimate of drug-likeness (QED) is 0.926. The number of benzene rings is 1. The Bertz CT molecular complexity index is 735. The molecule has 2 fully saturated rings. The van der Waals surface area contributed by atoms with Gasteiger partial charge in [0, 0.05) is 31.2 Å². The number of hydrogen-bond donors (Lipinski definition) is 1. The van der Waals surface area contributed by atoms with E-state index in [9.17, 15) is 4.79 Å². The van der Waals surface area contributed by atoms with Crippen LogP contribution in [0.4, 0.5) is 11.6 Å². The predicted octanol–water partition coefficient (Wildman–Crippen LogP) is 2.27. The van der Waals surface area contributed by atoms with Gasteiger partial charge in [-0.25, -0.2) is 9.97 Å². The summed E-state index contributed by atoms with van der Waals surface area (Å²) in [5.74, 6) is 0.618. The molecule has 130 valence electrons. The maximum absolute atomic E-state index is 12.6. The van der Waals surface area contributed by atoms with Gasteiger partial charge in [0.15, 0.2) is 0 Å². The molecule has 6 nitrogen and oxygen atoms in total. The molecular formula is C19H22N4O2. The van der Waals surface area contributed by atoms with Gasteiger partial charge >= 0.3 is 0 Å². The molecule has 2 aromatic rings. The first-order valence-electron chi connectivity index (χ1n) is 8.80. The standard InChI is InChI=1S/C19H22N4O2/c1-2-13-9-20-19(21-10-13)23-11-15-8-16(17(12-23)25-15)18(24)22-14-6-4-3-5-7-14/h3-7,9-10,15-17H,2,8,11-12H2,1H3,(H,22,24)/t15-,16+,17-/m1/s1. The molecule has 1 N–H and O–H groups in total. The topological polar surface area (TPSA) is 67.4 Å². The molecule has 4 rings (SSSR count). The zero-order valence-corrected chi connectivity index (χ0v) is 14.3. The largest absolute Gasteiger partial charge is 0.370 e. The first-order chi connectivity index (χ1) is 12.2. The SMILES string of the molecule is CCc1cnc(N2C[C@H]3C[C@H](C(=O)Nc4ccccc4)[C@@H](C2)O3)nc1. The summed E-state index contributed by atoms with van der Waals surface area (Å²) in [7, 11) is 0. The van der Waals surface area contributed by atoms with Crippen LogP contribution < -0.4 is 10.2 Å². The first-order valence-corrected chi connectivity index (χ1v) is 8.80. The van der Waals surface area contributed by atoms with E-state index in [1.807, 2.05) is 42.7 Å². The van der Waals surface area contributed by atoms with Crippen molar-refractivity contribution in [2.75, 3.05) is 23.3 Å². The third-order valence-corrected chi connectivity index (χ3v) is 4.92. The van der Waals surface area contributed by atoms with Crippen LogP contribution in [-0.4, -0.2) is 41.2 Å². The lowest BCUT2D eigenvalue weighted by Gasteiger charge is -2.32. The van der Waals surface area contributed by atoms with Crippen LogP contribution in [0.5, 0.6) is 0 Å². The molecule has 3 atom stereocenters. The van der Waals surface area contributed by atoms with Crippen LogP contribution in [0.2, 0.25) is 0 Å². The zero-order chi connectivity index (χ0) is 17.2. The maximum atomic E-state index is 12.6. The second-order valence-corrected chi connectivity index (χ2v) is 6.64. The number of rotatable bonds is 4. The number of carbonyl (C=O) groups excluding carboxylic acids is 1. The Hall–Kier alpha value is -2.47. The van der Waals surface area contributed by atoms with Crippen molar-refractivity contribution in [3.05, 3.63) is 48.3 Å². The maximum Gasteiger partial charge on any atom is 0.230 e. The summed E-state index contributed by atoms with van der Waals surface area (Å²) in [5.41, 5.74) is 1.95. The number of ether oxygens (including phenoxy) is 1. The molecular weight excluding hydrogens is 316 g/mol. The lowest BCUT2D eigenvalue weighted by atomic mass is 9.99. The van der Waals surface area contributed by atoms with Crippen LogP contribution in [0.1, 0.15) is 18.9 Å². The monoisotopic (exact) mass is 338 g/mol. The number of morpholine rings is 1. The lowest BCUT2D eigenvalue weighted by Crippen LogP contribution is -2.45. The summed E-state index contributed by atoms with van der Waals surface area (Å²) in [5, 5.41) is 3.00. The van der Waals surface area contributed by atoms with Crippen molar-refractivity contribution in [2.45, 2.75) is 32.0 Å². The van der Waals surface area contributed by atoms with E-state index in [1.165, 1.54) is 0 Å². The fourth-order valence-electron chi connectivity index (χ4n) is 3.55. The molecule has 0 aliphatic carbocycles. The number of carbonyl (C=O) groups is 1. The normalized spacial score (nSPS) is 25.0. The molecule has 0 radical (unpaired) electrons. The number of fused-ring (bicyclic) bond motifs is 2. The third-order valence-electron chi connectivity index (χ3n) is 4.92. The van der Waals surface area contributed by atoms with Gasteiger partial charge in [0.25, 0.3) is 0 Å². The number of aryl methyl sites for hydroxylation is 1. The van der Waals surface area contributed by atoms with Crippen LogP contribution in [0, 0.1) is 5.92 Å². The molecule has 2 saturated heterocycles. The molecule has 0 unspecified atom stereocenters. The minimum absolute atomic E-state index is 0.0304. The number of amides is 1. The van der Waals surface area contributed by atoms with Gasteiger partial charge in [-0.15, -0.1) is 0 Å². The Morgan fingerprint density at radius 3 is 2.72 bits per heavy atom. The predicted molar refractivity (Wildman–Crippen MR) is 95.5 cm³/mol. The van der Waals surface area contributed by atoms with Crippen molar-refractivity contribution in [3.8, 4) is 0 Å². The van der Waals surface area contributed by atoms with Crippen LogP contribution in [0.25, 0.3) is 0 Å². The summed E-state index contributed by atoms with van der Waals surface area (Å²) < 4.78 is 6.01. The number of anilines is 2. The molecule has 0 saturated carbocycles. The summed E-state index contributed by atoms with van der Waals surface area (Å²) in [6.45, 7) is 3.47. The molecule has 3 heterocycles. The molecule has 6 heteroatoms. The van der Waals surface area contributed by atoms with E-state index in [0.29, 0.717) is 6.54 Å². The highest BCUT2D eigenvalue weighted by Crippen LogP contribution is 2.33. The average Bonchev–Trinajstić information content (AvgIpc) is 2.96. The van der Waals surface area contributed by atoms with Crippen molar-refractivity contribution in [1.29, 1.82) is 0 Å². The molecule has 2 aliphatic rings. The fraction of sp³-hybridized carbons (Fsp3) is 0.421. The summed E-state index contributed by atoms with van der Waals surface area (Å²) in [6.07, 6.45) is 5.36. The first kappa shape index (κ1) is 16.0. The second-order valence-electron chi connectivity index (χ2n) is 6.64. The van der Waals surface area contributed by atoms with Crippen LogP contribution >= 0.6 is 0 Å². The van der Waals surface area contributed by atoms with E-state index in [2.05, 4.69) is 27.1 Å². The summed E-state index contributed by atoms with van der Waals surface area (Å²) in [4.78, 5) is 23.7. The van der Waals surface area contributed by atoms with E-state index >= 15 is 0 Å². The van der Waals surface area contributed by atoms with Crippen LogP contribution in [0.15, 0.2) is 42.7 Å². The van der Waals surface area contributed by atoms with E-state index < -0.39 is 0 Å². The Morgan fingerprint density at radius 2 is 2.00 bits per heavy atom. The smallest absolute Gasteiger partial charge is 0.230 e. The highest BCUT2D eigenvalue weighted by atomic mass is 16.5. The summed E-state index contributed by atoms with van der Waals surface area (Å²) >= 11 is 0. The van der Waals surface area contributed by atoms with Gasteiger partial charge < -0.3 is 15.0 Å². The number of nitrogens with zero attached hydrogens (tertiary/aromatic N) is 3. The molecule has 1 aromatic carbocycles. The van der Waals surface area contributed by atoms with Crippen molar-refractivity contribution < 1.29 is 9.53 Å². The zero-order valence-electron chi connectivity index (χ0n) is 14.3. The molecule has 2 bridgehead atoms. The Labute approximate surface area is 147 Å². The van der Waals surface area contributed by atoms with Crippen molar-refractivity contribution in [2.24, 2.45) is 5.92 Å². The van der Waals surface area contributed by atoms with Gasteiger partial charge in [0.1, 0.15) is 0 Å². The second kappa shape index (κ2) is 6.80. The highest BCUT2D eigenvalue weighted by Gasteiger charge is 2.45. The molecule has 25 heavy (non-hydrogen) atoms. The Kier molecular flexibility index (Phi) is 4.36. The van der Waals surface area contributed by atoms with Crippen molar-refractivity contribution in [3.63, 3.8) is 0 Å². The number of para-hydroxylation sites is 1. The van der Waals surface area contributed by atoms with Crippen LogP contribution in [-0.2, 0) is 16.0 Å². The van der Waals surface area contributed by atoms with Gasteiger partial charge in [-0.05, 0) is 30.5 Å².